The molecule has 0 saturated carbocycles. The van der Waals surface area contributed by atoms with Gasteiger partial charge >= 0.3 is 42.2 Å². The fourth-order valence-corrected chi connectivity index (χ4v) is 13.1. The Labute approximate surface area is 847 Å². The van der Waals surface area contributed by atoms with Crippen molar-refractivity contribution in [2.24, 2.45) is 0 Å². The Kier molecular flexibility index (Phi) is 41.3. The van der Waals surface area contributed by atoms with Crippen molar-refractivity contribution >= 4 is 179 Å². The zero-order valence-electron chi connectivity index (χ0n) is 82.3. The highest BCUT2D eigenvalue weighted by Crippen LogP contribution is 2.25. The molecule has 0 radical (unpaired) electrons. The SMILES string of the molecule is CCN1C(=O)NC(=O)/C(=C\C=C\c2ccc(F)cc2)C1=O.CCN1C(=O)NC(=O)/C(=C\C=C\c2cccc(N(C)C)c2)C1=O.CN1C(=O)C(=C/C=C/c2ccccc2F)C(=O)N(C)C1=O.CN1C(=O)C(=C/C=C/c2ccccc2N(C)C)C(=O)N(C)C1=O.COc1ccc(/C=C/C=C2C(=O)N(C)C(=O)N(C)C2=O)cc1.Cc1ccc(/C=C/C=C2C(=O)NC(=O)NC2=O)cc1.O=C1NC(=O)C(=C/C=C/c2ccccc2F)C(=O)N1. The van der Waals surface area contributed by atoms with E-state index in [1.165, 1.54) is 139 Å². The average molecular weight is 2020 g/mol. The number of ether oxygens (including phenoxy) is 1. The molecule has 7 aromatic carbocycles. The van der Waals surface area contributed by atoms with E-state index < -0.39 is 137 Å². The molecule has 0 atom stereocenters. The van der Waals surface area contributed by atoms with Gasteiger partial charge in [-0.05, 0) is 146 Å². The molecule has 0 aromatic heterocycles. The van der Waals surface area contributed by atoms with Gasteiger partial charge in [-0.1, -0.05) is 206 Å². The highest BCUT2D eigenvalue weighted by molar-refractivity contribution is 6.33. The Morgan fingerprint density at radius 3 is 0.919 bits per heavy atom. The van der Waals surface area contributed by atoms with Gasteiger partial charge in [-0.2, -0.15) is 0 Å². The summed E-state index contributed by atoms with van der Waals surface area (Å²) in [5.41, 5.74) is 7.66. The number of halogens is 3. The summed E-state index contributed by atoms with van der Waals surface area (Å²) in [6.45, 7) is 5.69. The summed E-state index contributed by atoms with van der Waals surface area (Å²) in [6, 6.07) is 43.6. The van der Waals surface area contributed by atoms with Crippen LogP contribution in [0.2, 0.25) is 0 Å². The minimum Gasteiger partial charge on any atom is -0.497 e. The summed E-state index contributed by atoms with van der Waals surface area (Å²) in [5.74, 6) is -9.72. The molecule has 7 aliphatic rings. The molecule has 148 heavy (non-hydrogen) atoms. The molecule has 14 rings (SSSR count). The number of rotatable bonds is 19. The monoisotopic (exact) mass is 2020 g/mol. The van der Waals surface area contributed by atoms with Crippen LogP contribution < -0.4 is 46.4 Å². The van der Waals surface area contributed by atoms with E-state index in [1.54, 1.807) is 118 Å². The summed E-state index contributed by atoms with van der Waals surface area (Å²) >= 11 is 0. The Bertz CT molecular complexity index is 6820. The van der Waals surface area contributed by atoms with E-state index in [9.17, 15) is 114 Å². The van der Waals surface area contributed by atoms with Gasteiger partial charge in [0.05, 0.1) is 7.11 Å². The van der Waals surface area contributed by atoms with Crippen LogP contribution in [-0.4, -0.2) is 255 Å². The van der Waals surface area contributed by atoms with Crippen molar-refractivity contribution < 1.29 is 119 Å². The van der Waals surface area contributed by atoms with Crippen molar-refractivity contribution in [3.8, 4) is 5.75 Å². The van der Waals surface area contributed by atoms with E-state index in [-0.39, 0.29) is 57.9 Å². The number of barbiturate groups is 7. The molecule has 7 aromatic rings. The number of amides is 28. The molecule has 38 nitrogen and oxygen atoms in total. The average Bonchev–Trinajstić information content (AvgIpc) is 0.793. The molecular weight excluding hydrogens is 1920 g/mol. The quantitative estimate of drug-likeness (QED) is 0.0323. The maximum absolute atomic E-state index is 13.4. The van der Waals surface area contributed by atoms with E-state index in [1.807, 2.05) is 169 Å². The molecule has 0 aliphatic carbocycles. The van der Waals surface area contributed by atoms with Crippen molar-refractivity contribution in [2.45, 2.75) is 20.8 Å². The number of urea groups is 7. The lowest BCUT2D eigenvalue weighted by Crippen LogP contribution is -2.53. The maximum atomic E-state index is 13.4. The number of hydrogen-bond donors (Lipinski definition) is 6. The minimum atomic E-state index is -0.856. The van der Waals surface area contributed by atoms with Gasteiger partial charge in [-0.15, -0.1) is 0 Å². The highest BCUT2D eigenvalue weighted by Gasteiger charge is 2.42. The molecule has 7 fully saturated rings. The topological polar surface area (TPSA) is 472 Å². The van der Waals surface area contributed by atoms with Gasteiger partial charge in [0, 0.05) is 106 Å². The molecule has 7 saturated heterocycles. The summed E-state index contributed by atoms with van der Waals surface area (Å²) in [6.07, 6.45) is 31.8. The Balaban J connectivity index is 0.000000211. The Hall–Kier alpha value is -19.6. The van der Waals surface area contributed by atoms with Crippen LogP contribution in [0.3, 0.4) is 0 Å². The lowest BCUT2D eigenvalue weighted by Gasteiger charge is -2.28. The molecule has 762 valence electrons. The third kappa shape index (κ3) is 30.9. The Morgan fingerprint density at radius 2 is 0.588 bits per heavy atom. The molecule has 7 heterocycles. The van der Waals surface area contributed by atoms with Crippen LogP contribution in [0.25, 0.3) is 42.5 Å². The third-order valence-corrected chi connectivity index (χ3v) is 21.3. The molecule has 41 heteroatoms. The van der Waals surface area contributed by atoms with E-state index in [2.05, 4.69) is 10.6 Å². The molecule has 0 bridgehead atoms. The van der Waals surface area contributed by atoms with Crippen molar-refractivity contribution in [1.82, 2.24) is 71.1 Å². The number of nitrogens with one attached hydrogen (secondary N) is 6. The smallest absolute Gasteiger partial charge is 0.333 e. The van der Waals surface area contributed by atoms with Gasteiger partial charge in [0.2, 0.25) is 0 Å². The third-order valence-electron chi connectivity index (χ3n) is 21.3. The van der Waals surface area contributed by atoms with E-state index in [0.29, 0.717) is 11.1 Å². The largest absolute Gasteiger partial charge is 0.497 e. The molecule has 7 aliphatic heterocycles. The van der Waals surface area contributed by atoms with Crippen molar-refractivity contribution in [2.75, 3.05) is 100 Å². The number of carbonyl (C=O) groups is 21. The highest BCUT2D eigenvalue weighted by atomic mass is 19.1. The molecular formula is C107H101F3N16O22. The van der Waals surface area contributed by atoms with Crippen molar-refractivity contribution in [3.05, 3.63) is 356 Å². The number of para-hydroxylation sites is 1. The number of likely N-dealkylation sites (N-methyl/N-ethyl adjacent to an activating group) is 8. The molecule has 0 unspecified atom stereocenters. The number of imide groups is 14. The summed E-state index contributed by atoms with van der Waals surface area (Å²) in [5, 5.41) is 12.1. The summed E-state index contributed by atoms with van der Waals surface area (Å²) in [7, 11) is 17.3. The second-order valence-corrected chi connectivity index (χ2v) is 31.9. The van der Waals surface area contributed by atoms with Gasteiger partial charge in [0.1, 0.15) is 62.2 Å². The van der Waals surface area contributed by atoms with Gasteiger partial charge < -0.3 is 14.5 Å². The number of aryl methyl sites for hydroxylation is 1. The fraction of sp³-hybridized carbons (Fsp3) is 0.150. The number of carbonyl (C=O) groups excluding carboxylic acids is 21. The fourth-order valence-electron chi connectivity index (χ4n) is 13.1. The van der Waals surface area contributed by atoms with E-state index in [0.717, 1.165) is 89.7 Å². The zero-order valence-corrected chi connectivity index (χ0v) is 82.3. The predicted molar refractivity (Wildman–Crippen MR) is 543 cm³/mol. The first kappa shape index (κ1) is 114. The van der Waals surface area contributed by atoms with E-state index in [4.69, 9.17) is 4.74 Å². The zero-order chi connectivity index (χ0) is 109. The molecule has 6 N–H and O–H groups in total. The molecule has 28 amide bonds. The summed E-state index contributed by atoms with van der Waals surface area (Å²) in [4.78, 5) is 255. The maximum Gasteiger partial charge on any atom is 0.333 e. The van der Waals surface area contributed by atoms with Gasteiger partial charge in [-0.3, -0.25) is 138 Å². The van der Waals surface area contributed by atoms with Crippen LogP contribution in [0.4, 0.5) is 58.1 Å². The van der Waals surface area contributed by atoms with Crippen molar-refractivity contribution in [1.29, 1.82) is 0 Å². The number of methoxy groups -OCH3 is 1. The number of hydrogen-bond acceptors (Lipinski definition) is 24. The van der Waals surface area contributed by atoms with Gasteiger partial charge in [0.15, 0.2) is 0 Å². The van der Waals surface area contributed by atoms with Crippen LogP contribution >= 0.6 is 0 Å². The lowest BCUT2D eigenvalue weighted by atomic mass is 10.1. The van der Waals surface area contributed by atoms with Crippen LogP contribution in [-0.2, 0) is 67.1 Å². The first-order valence-electron chi connectivity index (χ1n) is 44.5. The second-order valence-electron chi connectivity index (χ2n) is 31.9. The number of benzene rings is 7. The van der Waals surface area contributed by atoms with Crippen LogP contribution in [0.1, 0.15) is 58.4 Å². The van der Waals surface area contributed by atoms with Gasteiger partial charge in [-0.25, -0.2) is 46.7 Å². The second kappa shape index (κ2) is 53.8. The number of nitrogens with zero attached hydrogens (tertiary/aromatic N) is 10. The van der Waals surface area contributed by atoms with E-state index >= 15 is 0 Å². The first-order chi connectivity index (χ1) is 70.3. The molecule has 0 spiro atoms. The standard InChI is InChI=1S/2C17H19N3O3.C16H16N2O4.2C15H13FN2O3.C14H12N2O3.C13H9FN2O3/c1-18(2)14-11-6-5-8-12(14)9-7-10-13-15(21)19(3)17(23)20(4)16(13)22;1-4-20-16(22)14(15(21)18-17(20)23)10-6-8-12-7-5-9-13(11-12)19(2)3;1-17-14(19)13(15(20)18(2)16(17)21)6-4-5-11-7-9-12(22-3)10-8-11;1-17-13(19)11(14(20)18(2)15(17)21)8-5-7-10-6-3-4-9-12(10)16;1-2-18-14(20)12(13(19)17-15(18)21)5-3-4-10-6-8-11(16)9-7-10;1-9-5-7-10(8-6-9)3-2-4-11-12(17)15-14(19)16-13(11)18;14-10-7-2-1-4-8(10)5-3-6-9-11(17)15-13(19)16-12(9)18/h5-11H,1-4H3;5-11H,4H2,1-3H3,(H,18,21,23);4-10H,1-3H3;3-9H,1-2H3;3-9H,2H2,1H3,(H,17,19,21);2-8H,1H3,(H2,15,16,17,18,19);1-7H,(H2,15,16,17,18,19)/b9-7+;8-6+,14-10+;5-4+;7-5+;4-3+,12-5+;3-2+;5-3+. The van der Waals surface area contributed by atoms with Crippen molar-refractivity contribution in [3.63, 3.8) is 0 Å². The van der Waals surface area contributed by atoms with Crippen LogP contribution in [0, 0.1) is 24.4 Å². The Morgan fingerprint density at radius 1 is 0.297 bits per heavy atom. The lowest BCUT2D eigenvalue weighted by molar-refractivity contribution is -0.136. The van der Waals surface area contributed by atoms with Gasteiger partial charge in [0.25, 0.3) is 82.7 Å². The normalized spacial score (nSPS) is 16.2. The summed E-state index contributed by atoms with van der Waals surface area (Å²) < 4.78 is 44.5. The number of allylic oxidation sites excluding steroid dienone is 14. The minimum absolute atomic E-state index is 0.0341. The number of anilines is 2. The first-order valence-corrected chi connectivity index (χ1v) is 44.5. The predicted octanol–water partition coefficient (Wildman–Crippen LogP) is 11.3. The van der Waals surface area contributed by atoms with Crippen LogP contribution in [0.5, 0.6) is 5.75 Å². The van der Waals surface area contributed by atoms with Crippen LogP contribution in [0.15, 0.2) is 294 Å².